The second kappa shape index (κ2) is 7.57. The highest BCUT2D eigenvalue weighted by Gasteiger charge is 2.27. The van der Waals surface area contributed by atoms with E-state index in [9.17, 15) is 16.8 Å². The number of benzene rings is 1. The van der Waals surface area contributed by atoms with Gasteiger partial charge in [-0.05, 0) is 37.0 Å². The predicted molar refractivity (Wildman–Crippen MR) is 92.3 cm³/mol. The van der Waals surface area contributed by atoms with Crippen LogP contribution in [-0.4, -0.2) is 54.1 Å². The molecule has 1 saturated heterocycles. The third-order valence-electron chi connectivity index (χ3n) is 3.95. The number of halogens is 1. The molecule has 0 aliphatic carbocycles. The lowest BCUT2D eigenvalue weighted by molar-refractivity contribution is 0.268. The molecule has 0 amide bonds. The summed E-state index contributed by atoms with van der Waals surface area (Å²) in [5.74, 6) is 0.337. The van der Waals surface area contributed by atoms with E-state index in [-0.39, 0.29) is 22.4 Å². The van der Waals surface area contributed by atoms with E-state index < -0.39 is 20.0 Å². The van der Waals surface area contributed by atoms with Crippen molar-refractivity contribution in [2.24, 2.45) is 5.92 Å². The molecule has 0 saturated carbocycles. The molecule has 2 rings (SSSR count). The maximum atomic E-state index is 12.4. The van der Waals surface area contributed by atoms with Gasteiger partial charge < -0.3 is 4.74 Å². The van der Waals surface area contributed by atoms with E-state index in [1.165, 1.54) is 35.9 Å². The lowest BCUT2D eigenvalue weighted by Crippen LogP contribution is -2.43. The molecule has 10 heteroatoms. The Kier molecular flexibility index (Phi) is 6.14. The lowest BCUT2D eigenvalue weighted by atomic mass is 10.0. The van der Waals surface area contributed by atoms with Gasteiger partial charge in [0.25, 0.3) is 0 Å². The second-order valence-corrected chi connectivity index (χ2v) is 9.93. The molecule has 0 aromatic heterocycles. The summed E-state index contributed by atoms with van der Waals surface area (Å²) in [5, 5.41) is 0.210. The molecule has 24 heavy (non-hydrogen) atoms. The SMILES string of the molecule is COc1ccc(S(=O)(=O)NCC2CCCN(S(C)(=O)=O)C2)cc1Cl. The topological polar surface area (TPSA) is 92.8 Å². The third kappa shape index (κ3) is 4.82. The highest BCUT2D eigenvalue weighted by Crippen LogP contribution is 2.27. The normalized spacial score (nSPS) is 20.0. The molecule has 1 aliphatic rings. The lowest BCUT2D eigenvalue weighted by Gasteiger charge is -2.30. The summed E-state index contributed by atoms with van der Waals surface area (Å²) >= 11 is 5.96. The first-order valence-corrected chi connectivity index (χ1v) is 11.1. The number of methoxy groups -OCH3 is 1. The zero-order valence-corrected chi connectivity index (χ0v) is 15.9. The van der Waals surface area contributed by atoms with Gasteiger partial charge in [-0.2, -0.15) is 0 Å². The van der Waals surface area contributed by atoms with Crippen molar-refractivity contribution in [3.8, 4) is 5.75 Å². The maximum Gasteiger partial charge on any atom is 0.240 e. The summed E-state index contributed by atoms with van der Waals surface area (Å²) < 4.78 is 56.9. The fourth-order valence-corrected chi connectivity index (χ4v) is 5.03. The molecule has 0 bridgehead atoms. The number of nitrogens with zero attached hydrogens (tertiary/aromatic N) is 1. The Morgan fingerprint density at radius 1 is 1.33 bits per heavy atom. The molecule has 1 aromatic rings. The van der Waals surface area contributed by atoms with Crippen molar-refractivity contribution >= 4 is 31.6 Å². The summed E-state index contributed by atoms with van der Waals surface area (Å²) in [6, 6.07) is 4.23. The zero-order valence-electron chi connectivity index (χ0n) is 13.5. The molecule has 1 aromatic carbocycles. The Morgan fingerprint density at radius 2 is 2.04 bits per heavy atom. The first-order valence-electron chi connectivity index (χ1n) is 7.42. The number of piperidine rings is 1. The molecular formula is C14H21ClN2O5S2. The second-order valence-electron chi connectivity index (χ2n) is 5.78. The van der Waals surface area contributed by atoms with Crippen molar-refractivity contribution in [3.05, 3.63) is 23.2 Å². The van der Waals surface area contributed by atoms with E-state index in [0.29, 0.717) is 25.3 Å². The van der Waals surface area contributed by atoms with E-state index in [1.54, 1.807) is 0 Å². The van der Waals surface area contributed by atoms with Gasteiger partial charge in [0, 0.05) is 19.6 Å². The van der Waals surface area contributed by atoms with E-state index in [2.05, 4.69) is 4.72 Å². The van der Waals surface area contributed by atoms with Crippen LogP contribution in [0.5, 0.6) is 5.75 Å². The van der Waals surface area contributed by atoms with E-state index in [1.807, 2.05) is 0 Å². The van der Waals surface area contributed by atoms with Gasteiger partial charge in [0.2, 0.25) is 20.0 Å². The Hall–Kier alpha value is -0.870. The van der Waals surface area contributed by atoms with Crippen molar-refractivity contribution in [1.82, 2.24) is 9.03 Å². The Morgan fingerprint density at radius 3 is 2.62 bits per heavy atom. The number of hydrogen-bond donors (Lipinski definition) is 1. The minimum Gasteiger partial charge on any atom is -0.495 e. The van der Waals surface area contributed by atoms with Gasteiger partial charge in [-0.25, -0.2) is 25.9 Å². The Balaban J connectivity index is 2.03. The Bertz CT molecular complexity index is 795. The number of rotatable bonds is 6. The van der Waals surface area contributed by atoms with Crippen LogP contribution < -0.4 is 9.46 Å². The van der Waals surface area contributed by atoms with Gasteiger partial charge >= 0.3 is 0 Å². The van der Waals surface area contributed by atoms with E-state index in [4.69, 9.17) is 16.3 Å². The fourth-order valence-electron chi connectivity index (χ4n) is 2.62. The van der Waals surface area contributed by atoms with Gasteiger partial charge in [0.05, 0.1) is 23.3 Å². The minimum absolute atomic E-state index is 0.0454. The van der Waals surface area contributed by atoms with Crippen LogP contribution in [0.15, 0.2) is 23.1 Å². The molecule has 0 radical (unpaired) electrons. The van der Waals surface area contributed by atoms with Crippen LogP contribution in [0.2, 0.25) is 5.02 Å². The van der Waals surface area contributed by atoms with Crippen molar-refractivity contribution in [2.45, 2.75) is 17.7 Å². The molecule has 1 unspecified atom stereocenters. The fraction of sp³-hybridized carbons (Fsp3) is 0.571. The van der Waals surface area contributed by atoms with Crippen LogP contribution >= 0.6 is 11.6 Å². The molecule has 1 N–H and O–H groups in total. The first kappa shape index (κ1) is 19.5. The highest BCUT2D eigenvalue weighted by atomic mass is 35.5. The Labute approximate surface area is 148 Å². The molecule has 1 atom stereocenters. The summed E-state index contributed by atoms with van der Waals surface area (Å²) in [6.45, 7) is 0.985. The number of ether oxygens (including phenoxy) is 1. The van der Waals surface area contributed by atoms with Crippen LogP contribution in [0.25, 0.3) is 0 Å². The molecule has 136 valence electrons. The van der Waals surface area contributed by atoms with Gasteiger partial charge in [0.15, 0.2) is 0 Å². The predicted octanol–water partition coefficient (Wildman–Crippen LogP) is 1.30. The average molecular weight is 397 g/mol. The van der Waals surface area contributed by atoms with Gasteiger partial charge in [-0.1, -0.05) is 11.6 Å². The van der Waals surface area contributed by atoms with E-state index in [0.717, 1.165) is 6.42 Å². The molecule has 0 spiro atoms. The average Bonchev–Trinajstić information content (AvgIpc) is 2.52. The van der Waals surface area contributed by atoms with Crippen LogP contribution in [0.3, 0.4) is 0 Å². The van der Waals surface area contributed by atoms with Crippen LogP contribution in [0, 0.1) is 5.92 Å². The summed E-state index contributed by atoms with van der Waals surface area (Å²) in [7, 11) is -5.52. The first-order chi connectivity index (χ1) is 11.1. The quantitative estimate of drug-likeness (QED) is 0.782. The molecule has 1 aliphatic heterocycles. The summed E-state index contributed by atoms with van der Waals surface area (Å²) in [4.78, 5) is 0.0454. The van der Waals surface area contributed by atoms with E-state index >= 15 is 0 Å². The van der Waals surface area contributed by atoms with Gasteiger partial charge in [-0.3, -0.25) is 0 Å². The molecule has 1 fully saturated rings. The molecule has 1 heterocycles. The summed E-state index contributed by atoms with van der Waals surface area (Å²) in [5.41, 5.74) is 0. The van der Waals surface area contributed by atoms with Crippen LogP contribution in [-0.2, 0) is 20.0 Å². The van der Waals surface area contributed by atoms with Crippen molar-refractivity contribution in [1.29, 1.82) is 0 Å². The number of hydrogen-bond acceptors (Lipinski definition) is 5. The monoisotopic (exact) mass is 396 g/mol. The largest absolute Gasteiger partial charge is 0.495 e. The van der Waals surface area contributed by atoms with Crippen molar-refractivity contribution < 1.29 is 21.6 Å². The van der Waals surface area contributed by atoms with Crippen molar-refractivity contribution in [2.75, 3.05) is 33.0 Å². The van der Waals surface area contributed by atoms with Crippen LogP contribution in [0.1, 0.15) is 12.8 Å². The third-order valence-corrected chi connectivity index (χ3v) is 6.93. The van der Waals surface area contributed by atoms with Gasteiger partial charge in [0.1, 0.15) is 5.75 Å². The molecular weight excluding hydrogens is 376 g/mol. The highest BCUT2D eigenvalue weighted by molar-refractivity contribution is 7.89. The standard InChI is InChI=1S/C14H21ClN2O5S2/c1-22-14-6-5-12(8-13(14)15)24(20,21)16-9-11-4-3-7-17(10-11)23(2,18)19/h5-6,8,11,16H,3-4,7,9-10H2,1-2H3. The summed E-state index contributed by atoms with van der Waals surface area (Å²) in [6.07, 6.45) is 2.66. The van der Waals surface area contributed by atoms with Gasteiger partial charge in [-0.15, -0.1) is 0 Å². The maximum absolute atomic E-state index is 12.4. The number of nitrogens with one attached hydrogen (secondary N) is 1. The number of sulfonamides is 2. The molecule has 7 nitrogen and oxygen atoms in total. The zero-order chi connectivity index (χ0) is 18.0. The van der Waals surface area contributed by atoms with Crippen molar-refractivity contribution in [3.63, 3.8) is 0 Å². The minimum atomic E-state index is -3.72. The smallest absolute Gasteiger partial charge is 0.240 e. The van der Waals surface area contributed by atoms with Crippen LogP contribution in [0.4, 0.5) is 0 Å².